The summed E-state index contributed by atoms with van der Waals surface area (Å²) in [5.74, 6) is -0.0257. The molecule has 1 unspecified atom stereocenters. The summed E-state index contributed by atoms with van der Waals surface area (Å²) in [6.45, 7) is 4.90. The highest BCUT2D eigenvalue weighted by Gasteiger charge is 2.38. The van der Waals surface area contributed by atoms with Crippen molar-refractivity contribution < 1.29 is 16.8 Å². The first kappa shape index (κ1) is 17.1. The lowest BCUT2D eigenvalue weighted by Crippen LogP contribution is -2.54. The summed E-state index contributed by atoms with van der Waals surface area (Å²) < 4.78 is 49.5. The third-order valence-corrected chi connectivity index (χ3v) is 8.63. The van der Waals surface area contributed by atoms with Gasteiger partial charge in [0.1, 0.15) is 9.84 Å². The molecule has 0 aromatic rings. The molecule has 0 bridgehead atoms. The van der Waals surface area contributed by atoms with Crippen LogP contribution in [-0.4, -0.2) is 81.6 Å². The molecule has 9 heteroatoms. The van der Waals surface area contributed by atoms with Crippen LogP contribution in [0.5, 0.6) is 0 Å². The number of rotatable bonds is 4. The van der Waals surface area contributed by atoms with Crippen molar-refractivity contribution in [1.29, 1.82) is 0 Å². The van der Waals surface area contributed by atoms with Gasteiger partial charge in [-0.3, -0.25) is 4.90 Å². The molecule has 0 spiro atoms. The van der Waals surface area contributed by atoms with E-state index < -0.39 is 25.1 Å². The fourth-order valence-electron chi connectivity index (χ4n) is 2.92. The first-order valence-electron chi connectivity index (χ1n) is 7.40. The Hall–Kier alpha value is -0.220. The summed E-state index contributed by atoms with van der Waals surface area (Å²) in [5.41, 5.74) is 5.64. The third-order valence-electron chi connectivity index (χ3n) is 4.52. The Morgan fingerprint density at radius 2 is 1.67 bits per heavy atom. The van der Waals surface area contributed by atoms with Gasteiger partial charge in [-0.1, -0.05) is 0 Å². The van der Waals surface area contributed by atoms with E-state index in [2.05, 4.69) is 4.90 Å². The molecule has 0 amide bonds. The monoisotopic (exact) mass is 339 g/mol. The van der Waals surface area contributed by atoms with Crippen molar-refractivity contribution in [3.63, 3.8) is 0 Å². The van der Waals surface area contributed by atoms with Crippen molar-refractivity contribution in [2.45, 2.75) is 31.1 Å². The van der Waals surface area contributed by atoms with Crippen LogP contribution in [-0.2, 0) is 19.9 Å². The zero-order valence-electron chi connectivity index (χ0n) is 12.4. The van der Waals surface area contributed by atoms with E-state index in [1.165, 1.54) is 4.31 Å². The quantitative estimate of drug-likeness (QED) is 0.695. The average Bonchev–Trinajstić information content (AvgIpc) is 2.46. The number of sulfone groups is 1. The molecule has 7 nitrogen and oxygen atoms in total. The second-order valence-corrected chi connectivity index (χ2v) is 10.4. The number of hydrogen-bond acceptors (Lipinski definition) is 6. The highest BCUT2D eigenvalue weighted by molar-refractivity contribution is 7.92. The van der Waals surface area contributed by atoms with Gasteiger partial charge in [0.25, 0.3) is 0 Å². The summed E-state index contributed by atoms with van der Waals surface area (Å²) in [6.07, 6.45) is 0.453. The Balaban J connectivity index is 1.96. The van der Waals surface area contributed by atoms with Crippen LogP contribution in [0.1, 0.15) is 19.8 Å². The molecule has 2 rings (SSSR count). The van der Waals surface area contributed by atoms with Gasteiger partial charge in [0.2, 0.25) is 10.0 Å². The lowest BCUT2D eigenvalue weighted by atomic mass is 10.2. The molecule has 2 fully saturated rings. The van der Waals surface area contributed by atoms with Crippen LogP contribution in [0.15, 0.2) is 0 Å². The van der Waals surface area contributed by atoms with E-state index in [4.69, 9.17) is 5.73 Å². The lowest BCUT2D eigenvalue weighted by molar-refractivity contribution is 0.148. The van der Waals surface area contributed by atoms with Crippen LogP contribution < -0.4 is 5.73 Å². The molecule has 2 aliphatic rings. The molecule has 124 valence electrons. The fraction of sp³-hybridized carbons (Fsp3) is 1.00. The van der Waals surface area contributed by atoms with Gasteiger partial charge in [0, 0.05) is 38.8 Å². The first-order valence-corrected chi connectivity index (χ1v) is 10.7. The van der Waals surface area contributed by atoms with Crippen molar-refractivity contribution in [3.05, 3.63) is 0 Å². The minimum absolute atomic E-state index is 0.0128. The Morgan fingerprint density at radius 1 is 1.14 bits per heavy atom. The van der Waals surface area contributed by atoms with E-state index in [-0.39, 0.29) is 30.4 Å². The largest absolute Gasteiger partial charge is 0.329 e. The molecule has 0 aliphatic carbocycles. The molecule has 2 heterocycles. The average molecular weight is 339 g/mol. The van der Waals surface area contributed by atoms with Gasteiger partial charge >= 0.3 is 0 Å². The standard InChI is InChI=1S/C12H25N3O4S2/c1-11(10-13)14-4-6-15(7-5-14)21(18,19)12-2-8-20(16,17)9-3-12/h11-12H,2-10,13H2,1H3. The van der Waals surface area contributed by atoms with E-state index >= 15 is 0 Å². The summed E-state index contributed by atoms with van der Waals surface area (Å²) in [5, 5.41) is -0.542. The number of nitrogens with two attached hydrogens (primary N) is 1. The number of piperazine rings is 1. The molecule has 1 atom stereocenters. The number of hydrogen-bond donors (Lipinski definition) is 1. The molecule has 2 N–H and O–H groups in total. The number of nitrogens with zero attached hydrogens (tertiary/aromatic N) is 2. The summed E-state index contributed by atoms with van der Waals surface area (Å²) in [6, 6.07) is 0.259. The van der Waals surface area contributed by atoms with Crippen LogP contribution in [0.2, 0.25) is 0 Å². The number of sulfonamides is 1. The lowest BCUT2D eigenvalue weighted by Gasteiger charge is -2.38. The minimum atomic E-state index is -3.38. The van der Waals surface area contributed by atoms with Gasteiger partial charge < -0.3 is 5.73 Å². The molecule has 21 heavy (non-hydrogen) atoms. The predicted octanol–water partition coefficient (Wildman–Crippen LogP) is -1.14. The van der Waals surface area contributed by atoms with Crippen molar-refractivity contribution >= 4 is 19.9 Å². The summed E-state index contributed by atoms with van der Waals surface area (Å²) in [7, 11) is -6.42. The topological polar surface area (TPSA) is 101 Å². The summed E-state index contributed by atoms with van der Waals surface area (Å²) >= 11 is 0. The maximum Gasteiger partial charge on any atom is 0.217 e. The normalized spacial score (nSPS) is 27.5. The first-order chi connectivity index (χ1) is 9.76. The predicted molar refractivity (Wildman–Crippen MR) is 82.3 cm³/mol. The molecular weight excluding hydrogens is 314 g/mol. The second kappa shape index (κ2) is 6.49. The third kappa shape index (κ3) is 3.95. The van der Waals surface area contributed by atoms with Crippen molar-refractivity contribution in [3.8, 4) is 0 Å². The van der Waals surface area contributed by atoms with Gasteiger partial charge in [-0.15, -0.1) is 0 Å². The maximum absolute atomic E-state index is 12.6. The highest BCUT2D eigenvalue weighted by atomic mass is 32.2. The van der Waals surface area contributed by atoms with E-state index in [1.54, 1.807) is 0 Å². The smallest absolute Gasteiger partial charge is 0.217 e. The van der Waals surface area contributed by atoms with E-state index in [0.717, 1.165) is 0 Å². The van der Waals surface area contributed by atoms with Crippen LogP contribution in [0.25, 0.3) is 0 Å². The van der Waals surface area contributed by atoms with Gasteiger partial charge in [0.05, 0.1) is 16.8 Å². The molecule has 0 radical (unpaired) electrons. The minimum Gasteiger partial charge on any atom is -0.329 e. The van der Waals surface area contributed by atoms with E-state index in [9.17, 15) is 16.8 Å². The van der Waals surface area contributed by atoms with Crippen LogP contribution in [0.3, 0.4) is 0 Å². The van der Waals surface area contributed by atoms with Crippen LogP contribution >= 0.6 is 0 Å². The molecule has 0 aromatic carbocycles. The SMILES string of the molecule is CC(CN)N1CCN(S(=O)(=O)C2CCS(=O)(=O)CC2)CC1. The van der Waals surface area contributed by atoms with Crippen molar-refractivity contribution in [1.82, 2.24) is 9.21 Å². The van der Waals surface area contributed by atoms with E-state index in [1.807, 2.05) is 6.92 Å². The zero-order valence-corrected chi connectivity index (χ0v) is 14.1. The molecule has 2 aliphatic heterocycles. The molecule has 0 saturated carbocycles. The second-order valence-electron chi connectivity index (χ2n) is 5.92. The Morgan fingerprint density at radius 3 is 2.14 bits per heavy atom. The summed E-state index contributed by atoms with van der Waals surface area (Å²) in [4.78, 5) is 2.19. The van der Waals surface area contributed by atoms with Gasteiger partial charge in [0.15, 0.2) is 0 Å². The fourth-order valence-corrected chi connectivity index (χ4v) is 6.64. The molecule has 2 saturated heterocycles. The zero-order chi connectivity index (χ0) is 15.7. The van der Waals surface area contributed by atoms with Crippen molar-refractivity contribution in [2.24, 2.45) is 5.73 Å². The maximum atomic E-state index is 12.6. The van der Waals surface area contributed by atoms with Crippen LogP contribution in [0.4, 0.5) is 0 Å². The Labute approximate surface area is 127 Å². The van der Waals surface area contributed by atoms with Gasteiger partial charge in [-0.2, -0.15) is 4.31 Å². The van der Waals surface area contributed by atoms with E-state index in [0.29, 0.717) is 32.7 Å². The Bertz CT molecular complexity index is 539. The molecule has 0 aromatic heterocycles. The van der Waals surface area contributed by atoms with Crippen molar-refractivity contribution in [2.75, 3.05) is 44.2 Å². The van der Waals surface area contributed by atoms with Gasteiger partial charge in [-0.25, -0.2) is 16.8 Å². The van der Waals surface area contributed by atoms with Crippen LogP contribution in [0, 0.1) is 0 Å². The van der Waals surface area contributed by atoms with Gasteiger partial charge in [-0.05, 0) is 19.8 Å². The molecular formula is C12H25N3O4S2. The highest BCUT2D eigenvalue weighted by Crippen LogP contribution is 2.23. The Kier molecular flexibility index (Phi) is 5.30.